The number of amides is 1. The summed E-state index contributed by atoms with van der Waals surface area (Å²) in [5, 5.41) is 15.7. The summed E-state index contributed by atoms with van der Waals surface area (Å²) in [4.78, 5) is 30.5. The molecule has 33 heavy (non-hydrogen) atoms. The number of non-ortho nitro benzene ring substituents is 1. The van der Waals surface area contributed by atoms with E-state index in [0.29, 0.717) is 12.4 Å². The number of aromatic nitrogens is 3. The second-order valence-corrected chi connectivity index (χ2v) is 8.08. The molecule has 164 valence electrons. The van der Waals surface area contributed by atoms with Crippen molar-refractivity contribution in [3.63, 3.8) is 0 Å². The van der Waals surface area contributed by atoms with E-state index in [4.69, 9.17) is 0 Å². The van der Waals surface area contributed by atoms with Crippen LogP contribution in [0.1, 0.15) is 45.6 Å². The van der Waals surface area contributed by atoms with Gasteiger partial charge in [-0.05, 0) is 30.5 Å². The molecule has 0 bridgehead atoms. The minimum Gasteiger partial charge on any atom is -0.269 e. The third-order valence-electron chi connectivity index (χ3n) is 5.99. The normalized spacial score (nSPS) is 17.4. The number of benzene rings is 3. The van der Waals surface area contributed by atoms with E-state index >= 15 is 0 Å². The van der Waals surface area contributed by atoms with E-state index in [1.807, 2.05) is 37.3 Å². The summed E-state index contributed by atoms with van der Waals surface area (Å²) in [5.41, 5.74) is 3.30. The molecule has 0 spiro atoms. The van der Waals surface area contributed by atoms with Crippen molar-refractivity contribution in [1.29, 1.82) is 0 Å². The molecule has 0 N–H and O–H groups in total. The maximum Gasteiger partial charge on any atom is 0.270 e. The smallest absolute Gasteiger partial charge is 0.269 e. The molecule has 1 aliphatic heterocycles. The number of carbonyl (C=O) groups is 1. The van der Waals surface area contributed by atoms with Gasteiger partial charge in [-0.2, -0.15) is 10.1 Å². The first-order valence-corrected chi connectivity index (χ1v) is 10.6. The Kier molecular flexibility index (Phi) is 5.18. The molecule has 4 aromatic rings. The number of fused-ring (bicyclic) bond motifs is 1. The molecule has 3 aromatic carbocycles. The second kappa shape index (κ2) is 8.31. The molecule has 1 amide bonds. The lowest BCUT2D eigenvalue weighted by Crippen LogP contribution is -2.42. The molecule has 8 heteroatoms. The van der Waals surface area contributed by atoms with Gasteiger partial charge in [0.15, 0.2) is 0 Å². The topological polar surface area (TPSA) is 94.2 Å². The highest BCUT2D eigenvalue weighted by atomic mass is 16.6. The summed E-state index contributed by atoms with van der Waals surface area (Å²) in [6.07, 6.45) is 2.03. The van der Waals surface area contributed by atoms with Crippen LogP contribution in [0.25, 0.3) is 0 Å². The highest BCUT2D eigenvalue weighted by Gasteiger charge is 2.39. The average molecular weight is 439 g/mol. The molecule has 2 heterocycles. The number of nitrogens with zero attached hydrogens (tertiary/aromatic N) is 5. The molecule has 0 aliphatic carbocycles. The SMILES string of the molecule is Cc1ccc([C@H]2C[C@@H](c3ccccc3)N(C(=O)c3cccc([N+](=O)[O-])c3)c3ncnn32)cc1. The van der Waals surface area contributed by atoms with Crippen LogP contribution in [0.3, 0.4) is 0 Å². The molecular formula is C25H21N5O3. The molecule has 2 atom stereocenters. The molecule has 0 radical (unpaired) electrons. The number of anilines is 1. The number of rotatable bonds is 4. The van der Waals surface area contributed by atoms with Gasteiger partial charge in [0.05, 0.1) is 17.0 Å². The van der Waals surface area contributed by atoms with E-state index in [-0.39, 0.29) is 29.2 Å². The van der Waals surface area contributed by atoms with E-state index in [1.54, 1.807) is 15.6 Å². The van der Waals surface area contributed by atoms with Crippen molar-refractivity contribution < 1.29 is 9.72 Å². The van der Waals surface area contributed by atoms with Gasteiger partial charge in [0, 0.05) is 17.7 Å². The number of hydrogen-bond donors (Lipinski definition) is 0. The lowest BCUT2D eigenvalue weighted by molar-refractivity contribution is -0.384. The summed E-state index contributed by atoms with van der Waals surface area (Å²) < 4.78 is 1.76. The number of aryl methyl sites for hydroxylation is 1. The molecule has 0 unspecified atom stereocenters. The minimum atomic E-state index is -0.502. The summed E-state index contributed by atoms with van der Waals surface area (Å²) in [6, 6.07) is 23.4. The number of hydrogen-bond acceptors (Lipinski definition) is 5. The van der Waals surface area contributed by atoms with Crippen LogP contribution < -0.4 is 4.90 Å². The molecule has 8 nitrogen and oxygen atoms in total. The van der Waals surface area contributed by atoms with Gasteiger partial charge in [0.1, 0.15) is 6.33 Å². The van der Waals surface area contributed by atoms with E-state index in [2.05, 4.69) is 34.3 Å². The maximum atomic E-state index is 13.7. The standard InChI is InChI=1S/C25H21N5O3/c1-17-10-12-19(13-11-17)23-15-22(18-6-3-2-4-7-18)28(25-26-16-27-29(23)25)24(31)20-8-5-9-21(14-20)30(32)33/h2-14,16,22-23H,15H2,1H3/t22-,23+/m0/s1. The Morgan fingerprint density at radius 3 is 2.42 bits per heavy atom. The molecule has 1 aliphatic rings. The molecule has 5 rings (SSSR count). The highest BCUT2D eigenvalue weighted by Crippen LogP contribution is 2.42. The fourth-order valence-electron chi connectivity index (χ4n) is 4.34. The zero-order valence-corrected chi connectivity index (χ0v) is 17.9. The molecule has 0 fully saturated rings. The van der Waals surface area contributed by atoms with Crippen molar-refractivity contribution in [2.75, 3.05) is 4.90 Å². The van der Waals surface area contributed by atoms with E-state index in [0.717, 1.165) is 16.7 Å². The number of nitro benzene ring substituents is 1. The Morgan fingerprint density at radius 2 is 1.70 bits per heavy atom. The van der Waals surface area contributed by atoms with Gasteiger partial charge >= 0.3 is 0 Å². The maximum absolute atomic E-state index is 13.7. The van der Waals surface area contributed by atoms with Crippen molar-refractivity contribution in [2.24, 2.45) is 0 Å². The minimum absolute atomic E-state index is 0.109. The monoisotopic (exact) mass is 439 g/mol. The first-order valence-electron chi connectivity index (χ1n) is 10.6. The Hall–Kier alpha value is -4.33. The van der Waals surface area contributed by atoms with Gasteiger partial charge in [0.2, 0.25) is 5.95 Å². The Balaban J connectivity index is 1.64. The van der Waals surface area contributed by atoms with Crippen molar-refractivity contribution in [2.45, 2.75) is 25.4 Å². The fourth-order valence-corrected chi connectivity index (χ4v) is 4.34. The van der Waals surface area contributed by atoms with Gasteiger partial charge in [-0.3, -0.25) is 19.8 Å². The van der Waals surface area contributed by atoms with Crippen LogP contribution in [-0.2, 0) is 0 Å². The van der Waals surface area contributed by atoms with Crippen LogP contribution >= 0.6 is 0 Å². The zero-order valence-electron chi connectivity index (χ0n) is 17.9. The third kappa shape index (κ3) is 3.76. The predicted molar refractivity (Wildman–Crippen MR) is 123 cm³/mol. The lowest BCUT2D eigenvalue weighted by atomic mass is 9.91. The lowest BCUT2D eigenvalue weighted by Gasteiger charge is -2.39. The zero-order chi connectivity index (χ0) is 22.9. The summed E-state index contributed by atoms with van der Waals surface area (Å²) in [6.45, 7) is 2.04. The molecule has 1 aromatic heterocycles. The number of carbonyl (C=O) groups excluding carboxylic acids is 1. The Morgan fingerprint density at radius 1 is 0.970 bits per heavy atom. The van der Waals surface area contributed by atoms with E-state index in [9.17, 15) is 14.9 Å². The molecule has 0 saturated heterocycles. The predicted octanol–water partition coefficient (Wildman–Crippen LogP) is 4.88. The van der Waals surface area contributed by atoms with Crippen LogP contribution in [0, 0.1) is 17.0 Å². The molecule has 0 saturated carbocycles. The molecular weight excluding hydrogens is 418 g/mol. The quantitative estimate of drug-likeness (QED) is 0.334. The second-order valence-electron chi connectivity index (χ2n) is 8.08. The van der Waals surface area contributed by atoms with Gasteiger partial charge in [-0.15, -0.1) is 0 Å². The van der Waals surface area contributed by atoms with Crippen molar-refractivity contribution in [1.82, 2.24) is 14.8 Å². The van der Waals surface area contributed by atoms with Crippen molar-refractivity contribution >= 4 is 17.5 Å². The van der Waals surface area contributed by atoms with Crippen molar-refractivity contribution in [3.05, 3.63) is 118 Å². The average Bonchev–Trinajstić information content (AvgIpc) is 3.34. The summed E-state index contributed by atoms with van der Waals surface area (Å²) >= 11 is 0. The van der Waals surface area contributed by atoms with E-state index in [1.165, 1.54) is 24.5 Å². The van der Waals surface area contributed by atoms with Crippen LogP contribution in [-0.4, -0.2) is 25.6 Å². The largest absolute Gasteiger partial charge is 0.270 e. The van der Waals surface area contributed by atoms with Gasteiger partial charge in [0.25, 0.3) is 11.6 Å². The Labute approximate surface area is 190 Å². The third-order valence-corrected chi connectivity index (χ3v) is 5.99. The van der Waals surface area contributed by atoms with Crippen LogP contribution in [0.15, 0.2) is 85.2 Å². The Bertz CT molecular complexity index is 1320. The van der Waals surface area contributed by atoms with E-state index < -0.39 is 4.92 Å². The van der Waals surface area contributed by atoms with Crippen LogP contribution in [0.4, 0.5) is 11.6 Å². The highest BCUT2D eigenvalue weighted by molar-refractivity contribution is 6.06. The first-order chi connectivity index (χ1) is 16.0. The van der Waals surface area contributed by atoms with Crippen molar-refractivity contribution in [3.8, 4) is 0 Å². The van der Waals surface area contributed by atoms with Gasteiger partial charge in [-0.1, -0.05) is 66.2 Å². The first kappa shape index (κ1) is 20.6. The van der Waals surface area contributed by atoms with Gasteiger partial charge in [-0.25, -0.2) is 4.68 Å². The van der Waals surface area contributed by atoms with Crippen LogP contribution in [0.5, 0.6) is 0 Å². The summed E-state index contributed by atoms with van der Waals surface area (Å²) in [7, 11) is 0. The fraction of sp³-hybridized carbons (Fsp3) is 0.160. The van der Waals surface area contributed by atoms with Crippen LogP contribution in [0.2, 0.25) is 0 Å². The van der Waals surface area contributed by atoms with Gasteiger partial charge < -0.3 is 0 Å². The summed E-state index contributed by atoms with van der Waals surface area (Å²) in [5.74, 6) is 0.0568. The number of nitro groups is 1.